The fraction of sp³-hybridized carbons (Fsp3) is 0.656. The van der Waals surface area contributed by atoms with Crippen molar-refractivity contribution in [2.45, 2.75) is 64.9 Å². The Hall–Kier alpha value is -2.02. The van der Waals surface area contributed by atoms with E-state index < -0.39 is 0 Å². The van der Waals surface area contributed by atoms with Crippen molar-refractivity contribution in [3.05, 3.63) is 53.1 Å². The van der Waals surface area contributed by atoms with Crippen molar-refractivity contribution in [2.75, 3.05) is 26.4 Å². The number of aliphatic hydroxyl groups excluding tert-OH is 1. The van der Waals surface area contributed by atoms with E-state index in [2.05, 4.69) is 19.9 Å². The lowest BCUT2D eigenvalue weighted by atomic mass is 9.42. The van der Waals surface area contributed by atoms with Gasteiger partial charge in [0.1, 0.15) is 5.82 Å². The van der Waals surface area contributed by atoms with Crippen molar-refractivity contribution in [3.8, 4) is 5.69 Å². The second kappa shape index (κ2) is 7.80. The van der Waals surface area contributed by atoms with Crippen LogP contribution in [0.1, 0.15) is 63.6 Å². The molecule has 2 saturated heterocycles. The van der Waals surface area contributed by atoms with Gasteiger partial charge in [0.05, 0.1) is 43.5 Å². The van der Waals surface area contributed by atoms with Gasteiger partial charge in [-0.2, -0.15) is 5.10 Å². The minimum absolute atomic E-state index is 0.0661. The molecule has 1 N–H and O–H groups in total. The van der Waals surface area contributed by atoms with Crippen LogP contribution >= 0.6 is 0 Å². The molecule has 3 saturated carbocycles. The van der Waals surface area contributed by atoms with Gasteiger partial charge >= 0.3 is 0 Å². The van der Waals surface area contributed by atoms with Crippen LogP contribution in [0.2, 0.25) is 0 Å². The van der Waals surface area contributed by atoms with Crippen LogP contribution in [0.5, 0.6) is 0 Å². The Morgan fingerprint density at radius 2 is 1.87 bits per heavy atom. The number of halogens is 1. The number of aliphatic hydroxyl groups is 1. The molecule has 8 atom stereocenters. The summed E-state index contributed by atoms with van der Waals surface area (Å²) in [6.07, 6.45) is 11.6. The van der Waals surface area contributed by atoms with Gasteiger partial charge in [-0.15, -0.1) is 0 Å². The van der Waals surface area contributed by atoms with Crippen LogP contribution in [-0.2, 0) is 15.9 Å². The molecule has 0 amide bonds. The van der Waals surface area contributed by atoms with Crippen LogP contribution in [0.25, 0.3) is 11.8 Å². The molecule has 2 aliphatic heterocycles. The molecule has 6 heteroatoms. The zero-order valence-electron chi connectivity index (χ0n) is 22.6. The summed E-state index contributed by atoms with van der Waals surface area (Å²) in [5.74, 6) is 1.17. The average molecular weight is 519 g/mol. The molecule has 5 nitrogen and oxygen atoms in total. The largest absolute Gasteiger partial charge is 0.393 e. The first kappa shape index (κ1) is 23.8. The van der Waals surface area contributed by atoms with Crippen LogP contribution in [-0.4, -0.2) is 47.4 Å². The van der Waals surface area contributed by atoms with Gasteiger partial charge in [0.2, 0.25) is 0 Å². The van der Waals surface area contributed by atoms with E-state index in [1.165, 1.54) is 36.1 Å². The maximum Gasteiger partial charge on any atom is 0.123 e. The fourth-order valence-electron chi connectivity index (χ4n) is 11.0. The highest BCUT2D eigenvalue weighted by Gasteiger charge is 2.73. The van der Waals surface area contributed by atoms with E-state index in [9.17, 15) is 9.50 Å². The number of nitrogens with zero attached hydrogens (tertiary/aromatic N) is 2. The number of hydrogen-bond acceptors (Lipinski definition) is 4. The van der Waals surface area contributed by atoms with Crippen molar-refractivity contribution in [1.29, 1.82) is 0 Å². The highest BCUT2D eigenvalue weighted by Crippen LogP contribution is 2.75. The number of fused-ring (bicyclic) bond motifs is 8. The molecule has 3 heterocycles. The Balaban J connectivity index is 1.15. The SMILES string of the molecule is C[C@]12Cc3cnn(-c4ccc(F)cc4)c3C=C1CCC1C2C(O)C[C@@]2(C)C1CC[C@@]21COCC12CCOC2. The van der Waals surface area contributed by atoms with Crippen molar-refractivity contribution in [1.82, 2.24) is 9.78 Å². The molecule has 0 radical (unpaired) electrons. The van der Waals surface area contributed by atoms with E-state index in [-0.39, 0.29) is 39.5 Å². The van der Waals surface area contributed by atoms with Crippen LogP contribution < -0.4 is 0 Å². The second-order valence-corrected chi connectivity index (χ2v) is 13.9. The molecule has 8 rings (SSSR count). The summed E-state index contributed by atoms with van der Waals surface area (Å²) in [6.45, 7) is 8.26. The second-order valence-electron chi connectivity index (χ2n) is 13.9. The van der Waals surface area contributed by atoms with Gasteiger partial charge in [-0.3, -0.25) is 0 Å². The molecule has 6 aliphatic rings. The highest BCUT2D eigenvalue weighted by molar-refractivity contribution is 5.61. The molecule has 5 unspecified atom stereocenters. The maximum absolute atomic E-state index is 13.6. The summed E-state index contributed by atoms with van der Waals surface area (Å²) in [6, 6.07) is 6.58. The van der Waals surface area contributed by atoms with Gasteiger partial charge in [-0.1, -0.05) is 19.4 Å². The van der Waals surface area contributed by atoms with Crippen molar-refractivity contribution in [2.24, 2.45) is 39.4 Å². The number of benzene rings is 1. The lowest BCUT2D eigenvalue weighted by molar-refractivity contribution is -0.161. The number of ether oxygens (including phenoxy) is 2. The van der Waals surface area contributed by atoms with E-state index in [4.69, 9.17) is 14.6 Å². The first-order valence-corrected chi connectivity index (χ1v) is 14.7. The Morgan fingerprint density at radius 1 is 1.05 bits per heavy atom. The molecule has 38 heavy (non-hydrogen) atoms. The molecule has 2 spiro atoms. The van der Waals surface area contributed by atoms with Crippen molar-refractivity contribution >= 4 is 6.08 Å². The van der Waals surface area contributed by atoms with Crippen LogP contribution in [0.3, 0.4) is 0 Å². The minimum atomic E-state index is -0.321. The number of rotatable bonds is 1. The highest BCUT2D eigenvalue weighted by atomic mass is 19.1. The molecule has 1 aromatic heterocycles. The van der Waals surface area contributed by atoms with E-state index in [0.717, 1.165) is 69.9 Å². The third-order valence-electron chi connectivity index (χ3n) is 12.7. The molecule has 2 aromatic rings. The lowest BCUT2D eigenvalue weighted by Gasteiger charge is -2.62. The summed E-state index contributed by atoms with van der Waals surface area (Å²) in [5, 5.41) is 16.8. The number of allylic oxidation sites excluding steroid dienone is 1. The first-order chi connectivity index (χ1) is 18.3. The van der Waals surface area contributed by atoms with E-state index in [1.807, 2.05) is 10.9 Å². The predicted molar refractivity (Wildman–Crippen MR) is 142 cm³/mol. The molecule has 202 valence electrons. The summed E-state index contributed by atoms with van der Waals surface area (Å²) < 4.78 is 27.8. The topological polar surface area (TPSA) is 56.5 Å². The zero-order valence-corrected chi connectivity index (χ0v) is 22.6. The zero-order chi connectivity index (χ0) is 25.9. The Morgan fingerprint density at radius 3 is 2.66 bits per heavy atom. The molecular formula is C32H39FN2O3. The van der Waals surface area contributed by atoms with Crippen LogP contribution in [0, 0.1) is 45.2 Å². The van der Waals surface area contributed by atoms with Crippen LogP contribution in [0.4, 0.5) is 4.39 Å². The van der Waals surface area contributed by atoms with Gasteiger partial charge in [0.25, 0.3) is 0 Å². The molecular weight excluding hydrogens is 479 g/mol. The molecule has 1 aromatic carbocycles. The first-order valence-electron chi connectivity index (χ1n) is 14.7. The predicted octanol–water partition coefficient (Wildman–Crippen LogP) is 5.59. The van der Waals surface area contributed by atoms with Gasteiger partial charge < -0.3 is 14.6 Å². The standard InChI is InChI=1S/C32H39FN2O3/c1-29-14-20-16-34-35(23-6-4-22(33)5-7-23)26(20)13-21(29)3-8-24-25-9-10-32(30(25,2)15-27(36)28(24)29)19-38-18-31(32)11-12-37-17-31/h4-7,13,16,24-25,27-28,36H,3,8-12,14-15,17-19H2,1-2H3/t24?,25?,27?,28?,29-,30-,31?,32+/m0/s1. The lowest BCUT2D eigenvalue weighted by Crippen LogP contribution is -2.61. The van der Waals surface area contributed by atoms with Crippen molar-refractivity contribution < 1.29 is 19.0 Å². The average Bonchev–Trinajstić information content (AvgIpc) is 3.67. The van der Waals surface area contributed by atoms with Gasteiger partial charge in [0, 0.05) is 17.4 Å². The third-order valence-corrected chi connectivity index (χ3v) is 12.7. The summed E-state index contributed by atoms with van der Waals surface area (Å²) in [4.78, 5) is 0. The summed E-state index contributed by atoms with van der Waals surface area (Å²) in [7, 11) is 0. The maximum atomic E-state index is 13.6. The minimum Gasteiger partial charge on any atom is -0.393 e. The fourth-order valence-corrected chi connectivity index (χ4v) is 11.0. The summed E-state index contributed by atoms with van der Waals surface area (Å²) in [5.41, 5.74) is 4.96. The number of aromatic nitrogens is 2. The Bertz CT molecular complexity index is 1310. The van der Waals surface area contributed by atoms with Gasteiger partial charge in [-0.05, 0) is 109 Å². The molecule has 0 bridgehead atoms. The quantitative estimate of drug-likeness (QED) is 0.535. The van der Waals surface area contributed by atoms with E-state index in [0.29, 0.717) is 11.8 Å². The van der Waals surface area contributed by atoms with Gasteiger partial charge in [-0.25, -0.2) is 9.07 Å². The van der Waals surface area contributed by atoms with E-state index >= 15 is 0 Å². The Kier molecular flexibility index (Phi) is 4.89. The number of hydrogen-bond donors (Lipinski definition) is 1. The third kappa shape index (κ3) is 2.80. The smallest absolute Gasteiger partial charge is 0.123 e. The normalized spacial score (nSPS) is 45.1. The monoisotopic (exact) mass is 518 g/mol. The Labute approximate surface area is 224 Å². The molecule has 4 aliphatic carbocycles. The van der Waals surface area contributed by atoms with Gasteiger partial charge in [0.15, 0.2) is 0 Å². The van der Waals surface area contributed by atoms with Crippen molar-refractivity contribution in [3.63, 3.8) is 0 Å². The van der Waals surface area contributed by atoms with Crippen LogP contribution in [0.15, 0.2) is 36.0 Å². The van der Waals surface area contributed by atoms with E-state index in [1.54, 1.807) is 12.1 Å². The molecule has 5 fully saturated rings. The summed E-state index contributed by atoms with van der Waals surface area (Å²) >= 11 is 0.